The fourth-order valence-corrected chi connectivity index (χ4v) is 2.71. The summed E-state index contributed by atoms with van der Waals surface area (Å²) in [5, 5.41) is 5.80. The van der Waals surface area contributed by atoms with Gasteiger partial charge < -0.3 is 14.8 Å². The van der Waals surface area contributed by atoms with Gasteiger partial charge in [0, 0.05) is 9.64 Å². The molecule has 0 saturated heterocycles. The predicted octanol–water partition coefficient (Wildman–Crippen LogP) is 3.44. The van der Waals surface area contributed by atoms with Gasteiger partial charge in [0.05, 0.1) is 25.5 Å². The highest BCUT2D eigenvalue weighted by Gasteiger charge is 2.12. The molecule has 0 radical (unpaired) electrons. The van der Waals surface area contributed by atoms with Gasteiger partial charge in [0.25, 0.3) is 5.91 Å². The number of hydrogen-bond acceptors (Lipinski definition) is 4. The molecule has 0 fully saturated rings. The predicted molar refractivity (Wildman–Crippen MR) is 102 cm³/mol. The quantitative estimate of drug-likeness (QED) is 0.562. The third-order valence-corrected chi connectivity index (χ3v) is 4.15. The van der Waals surface area contributed by atoms with E-state index in [1.165, 1.54) is 0 Å². The van der Waals surface area contributed by atoms with Gasteiger partial charge in [-0.25, -0.2) is 0 Å². The fourth-order valence-electron chi connectivity index (χ4n) is 1.87. The monoisotopic (exact) mass is 442 g/mol. The van der Waals surface area contributed by atoms with Gasteiger partial charge in [0.2, 0.25) is 0 Å². The maximum Gasteiger partial charge on any atom is 0.258 e. The van der Waals surface area contributed by atoms with Crippen molar-refractivity contribution in [1.29, 1.82) is 0 Å². The summed E-state index contributed by atoms with van der Waals surface area (Å²) in [6.07, 6.45) is 0. The first kappa shape index (κ1) is 17.5. The highest BCUT2D eigenvalue weighted by Crippen LogP contribution is 2.28. The molecule has 0 heterocycles. The van der Waals surface area contributed by atoms with Crippen LogP contribution in [0.25, 0.3) is 0 Å². The number of carbonyl (C=O) groups excluding carboxylic acids is 1. The minimum Gasteiger partial charge on any atom is -0.497 e. The lowest BCUT2D eigenvalue weighted by Gasteiger charge is -2.14. The maximum atomic E-state index is 12.2. The van der Waals surface area contributed by atoms with Gasteiger partial charge in [0.1, 0.15) is 11.5 Å². The summed E-state index contributed by atoms with van der Waals surface area (Å²) in [4.78, 5) is 12.2. The van der Waals surface area contributed by atoms with E-state index in [9.17, 15) is 4.79 Å². The first-order chi connectivity index (χ1) is 11.0. The zero-order valence-electron chi connectivity index (χ0n) is 12.6. The number of carbonyl (C=O) groups is 1. The number of rotatable bonds is 4. The van der Waals surface area contributed by atoms with Crippen LogP contribution in [0.3, 0.4) is 0 Å². The second-order valence-electron chi connectivity index (χ2n) is 4.45. The number of ether oxygens (including phenoxy) is 2. The topological polar surface area (TPSA) is 59.6 Å². The molecule has 0 spiro atoms. The van der Waals surface area contributed by atoms with E-state index in [1.807, 2.05) is 12.1 Å². The number of amides is 1. The SMILES string of the molecule is COc1ccc(NC(=S)NC(=O)c2ccccc2I)c(OC)c1. The summed E-state index contributed by atoms with van der Waals surface area (Å²) in [7, 11) is 3.13. The van der Waals surface area contributed by atoms with Crippen LogP contribution in [0.5, 0.6) is 11.5 Å². The van der Waals surface area contributed by atoms with E-state index in [4.69, 9.17) is 21.7 Å². The molecule has 7 heteroatoms. The Kier molecular flexibility index (Phi) is 6.17. The van der Waals surface area contributed by atoms with Crippen molar-refractivity contribution < 1.29 is 14.3 Å². The average Bonchev–Trinajstić information content (AvgIpc) is 2.55. The molecule has 0 saturated carbocycles. The van der Waals surface area contributed by atoms with Crippen LogP contribution in [0.2, 0.25) is 0 Å². The molecule has 0 atom stereocenters. The Bertz CT molecular complexity index is 737. The Morgan fingerprint density at radius 1 is 1.13 bits per heavy atom. The summed E-state index contributed by atoms with van der Waals surface area (Å²) in [5.41, 5.74) is 1.21. The van der Waals surface area contributed by atoms with Gasteiger partial charge in [-0.15, -0.1) is 0 Å². The van der Waals surface area contributed by atoms with Crippen molar-refractivity contribution in [1.82, 2.24) is 5.32 Å². The second-order valence-corrected chi connectivity index (χ2v) is 6.02. The minimum atomic E-state index is -0.264. The first-order valence-electron chi connectivity index (χ1n) is 6.64. The summed E-state index contributed by atoms with van der Waals surface area (Å²) < 4.78 is 11.3. The van der Waals surface area contributed by atoms with Crippen LogP contribution in [-0.4, -0.2) is 25.2 Å². The van der Waals surface area contributed by atoms with Crippen molar-refractivity contribution in [3.63, 3.8) is 0 Å². The van der Waals surface area contributed by atoms with Crippen molar-refractivity contribution >= 4 is 51.5 Å². The highest BCUT2D eigenvalue weighted by molar-refractivity contribution is 14.1. The standard InChI is InChI=1S/C16H15IN2O3S/c1-21-10-7-8-13(14(9-10)22-2)18-16(23)19-15(20)11-5-3-4-6-12(11)17/h3-9H,1-2H3,(H2,18,19,20,23). The number of thiocarbonyl (C=S) groups is 1. The lowest BCUT2D eigenvalue weighted by molar-refractivity contribution is 0.0977. The molecule has 0 unspecified atom stereocenters. The van der Waals surface area contributed by atoms with E-state index < -0.39 is 0 Å². The molecule has 0 bridgehead atoms. The number of hydrogen-bond donors (Lipinski definition) is 2. The number of halogens is 1. The fraction of sp³-hybridized carbons (Fsp3) is 0.125. The lowest BCUT2D eigenvalue weighted by atomic mass is 10.2. The molecule has 2 aromatic rings. The smallest absolute Gasteiger partial charge is 0.258 e. The third kappa shape index (κ3) is 4.55. The Hall–Kier alpha value is -1.87. The molecule has 120 valence electrons. The molecular formula is C16H15IN2O3S. The summed E-state index contributed by atoms with van der Waals surface area (Å²) in [6, 6.07) is 12.5. The largest absolute Gasteiger partial charge is 0.497 e. The van der Waals surface area contributed by atoms with Gasteiger partial charge in [-0.05, 0) is 59.1 Å². The number of nitrogens with one attached hydrogen (secondary N) is 2. The molecule has 23 heavy (non-hydrogen) atoms. The molecule has 0 aliphatic heterocycles. The lowest BCUT2D eigenvalue weighted by Crippen LogP contribution is -2.34. The van der Waals surface area contributed by atoms with Crippen LogP contribution in [0.1, 0.15) is 10.4 Å². The molecule has 0 aliphatic rings. The summed E-state index contributed by atoms with van der Waals surface area (Å²) >= 11 is 7.30. The summed E-state index contributed by atoms with van der Waals surface area (Å²) in [6.45, 7) is 0. The normalized spacial score (nSPS) is 9.87. The van der Waals surface area contributed by atoms with Crippen LogP contribution >= 0.6 is 34.8 Å². The summed E-state index contributed by atoms with van der Waals surface area (Å²) in [5.74, 6) is 0.969. The minimum absolute atomic E-state index is 0.193. The van der Waals surface area contributed by atoms with E-state index in [0.717, 1.165) is 3.57 Å². The van der Waals surface area contributed by atoms with Crippen LogP contribution in [-0.2, 0) is 0 Å². The first-order valence-corrected chi connectivity index (χ1v) is 8.12. The number of benzene rings is 2. The van der Waals surface area contributed by atoms with Crippen molar-refractivity contribution in [3.8, 4) is 11.5 Å². The van der Waals surface area contributed by atoms with Crippen LogP contribution in [0.4, 0.5) is 5.69 Å². The Labute approximate surface area is 153 Å². The van der Waals surface area contributed by atoms with Crippen molar-refractivity contribution in [2.24, 2.45) is 0 Å². The third-order valence-electron chi connectivity index (χ3n) is 3.00. The van der Waals surface area contributed by atoms with Gasteiger partial charge in [-0.3, -0.25) is 10.1 Å². The van der Waals surface area contributed by atoms with Crippen molar-refractivity contribution in [2.45, 2.75) is 0 Å². The molecule has 1 amide bonds. The Morgan fingerprint density at radius 3 is 2.52 bits per heavy atom. The van der Waals surface area contributed by atoms with Gasteiger partial charge >= 0.3 is 0 Å². The molecule has 2 rings (SSSR count). The van der Waals surface area contributed by atoms with E-state index >= 15 is 0 Å². The second kappa shape index (κ2) is 8.11. The molecule has 2 aromatic carbocycles. The van der Waals surface area contributed by atoms with E-state index in [2.05, 4.69) is 33.2 Å². The van der Waals surface area contributed by atoms with Gasteiger partial charge in [0.15, 0.2) is 5.11 Å². The average molecular weight is 442 g/mol. The highest BCUT2D eigenvalue weighted by atomic mass is 127. The van der Waals surface area contributed by atoms with Crippen molar-refractivity contribution in [3.05, 3.63) is 51.6 Å². The van der Waals surface area contributed by atoms with E-state index in [-0.39, 0.29) is 11.0 Å². The number of anilines is 1. The maximum absolute atomic E-state index is 12.2. The Balaban J connectivity index is 2.08. The van der Waals surface area contributed by atoms with Gasteiger partial charge in [-0.2, -0.15) is 0 Å². The van der Waals surface area contributed by atoms with Crippen molar-refractivity contribution in [2.75, 3.05) is 19.5 Å². The molecule has 5 nitrogen and oxygen atoms in total. The van der Waals surface area contributed by atoms with Crippen LogP contribution in [0.15, 0.2) is 42.5 Å². The van der Waals surface area contributed by atoms with Crippen LogP contribution in [0, 0.1) is 3.57 Å². The molecule has 0 aromatic heterocycles. The number of methoxy groups -OCH3 is 2. The molecule has 0 aliphatic carbocycles. The van der Waals surface area contributed by atoms with Crippen LogP contribution < -0.4 is 20.1 Å². The van der Waals surface area contributed by atoms with E-state index in [0.29, 0.717) is 22.7 Å². The Morgan fingerprint density at radius 2 is 1.87 bits per heavy atom. The zero-order chi connectivity index (χ0) is 16.8. The zero-order valence-corrected chi connectivity index (χ0v) is 15.5. The van der Waals surface area contributed by atoms with Gasteiger partial charge in [-0.1, -0.05) is 12.1 Å². The van der Waals surface area contributed by atoms with E-state index in [1.54, 1.807) is 44.6 Å². The molecule has 2 N–H and O–H groups in total. The molecular weight excluding hydrogens is 427 g/mol.